The molecule has 1 N–H and O–H groups in total. The van der Waals surface area contributed by atoms with Crippen LogP contribution in [0.2, 0.25) is 0 Å². The van der Waals surface area contributed by atoms with Gasteiger partial charge in [-0.15, -0.1) is 0 Å². The molecule has 0 spiro atoms. The first-order valence-corrected chi connectivity index (χ1v) is 3.93. The number of aromatic nitrogens is 2. The van der Waals surface area contributed by atoms with E-state index < -0.39 is 0 Å². The third-order valence-corrected chi connectivity index (χ3v) is 1.76. The molecule has 1 aromatic rings. The van der Waals surface area contributed by atoms with Crippen molar-refractivity contribution in [1.82, 2.24) is 9.97 Å². The second-order valence-electron chi connectivity index (χ2n) is 2.85. The summed E-state index contributed by atoms with van der Waals surface area (Å²) in [5.74, 6) is 0.817. The highest BCUT2D eigenvalue weighted by Crippen LogP contribution is 2.29. The molecule has 1 aliphatic carbocycles. The lowest BCUT2D eigenvalue weighted by Gasteiger charge is -2.00. The van der Waals surface area contributed by atoms with Crippen LogP contribution in [0.3, 0.4) is 0 Å². The number of carbonyl (C=O) groups excluding carboxylic acids is 1. The van der Waals surface area contributed by atoms with E-state index in [1.165, 1.54) is 0 Å². The maximum Gasteiger partial charge on any atom is 0.228 e. The molecule has 0 unspecified atom stereocenters. The Kier molecular flexibility index (Phi) is 1.74. The summed E-state index contributed by atoms with van der Waals surface area (Å²) in [5.41, 5.74) is 0. The predicted octanol–water partition coefficient (Wildman–Crippen LogP) is 0.825. The van der Waals surface area contributed by atoms with Gasteiger partial charge in [0.25, 0.3) is 0 Å². The molecule has 0 radical (unpaired) electrons. The summed E-state index contributed by atoms with van der Waals surface area (Å²) in [7, 11) is 0. The first-order valence-electron chi connectivity index (χ1n) is 3.93. The van der Waals surface area contributed by atoms with E-state index in [2.05, 4.69) is 15.3 Å². The molecule has 0 aromatic carbocycles. The van der Waals surface area contributed by atoms with Crippen LogP contribution in [-0.2, 0) is 4.79 Å². The van der Waals surface area contributed by atoms with E-state index in [0.717, 1.165) is 12.8 Å². The molecule has 4 nitrogen and oxygen atoms in total. The Morgan fingerprint density at radius 1 is 1.50 bits per heavy atom. The molecular weight excluding hydrogens is 154 g/mol. The van der Waals surface area contributed by atoms with Gasteiger partial charge in [-0.05, 0) is 12.8 Å². The van der Waals surface area contributed by atoms with Crippen LogP contribution in [0, 0.1) is 5.92 Å². The van der Waals surface area contributed by atoms with Crippen molar-refractivity contribution in [3.63, 3.8) is 0 Å². The van der Waals surface area contributed by atoms with Crippen molar-refractivity contribution in [2.24, 2.45) is 5.92 Å². The van der Waals surface area contributed by atoms with Crippen LogP contribution in [-0.4, -0.2) is 15.9 Å². The minimum Gasteiger partial charge on any atom is -0.309 e. The Bertz CT molecular complexity index is 282. The zero-order chi connectivity index (χ0) is 8.39. The second kappa shape index (κ2) is 2.89. The molecule has 0 atom stereocenters. The quantitative estimate of drug-likeness (QED) is 0.702. The lowest BCUT2D eigenvalue weighted by molar-refractivity contribution is -0.117. The molecule has 1 saturated carbocycles. The lowest BCUT2D eigenvalue weighted by Crippen LogP contribution is -2.14. The van der Waals surface area contributed by atoms with E-state index in [1.54, 1.807) is 18.6 Å². The normalized spacial score (nSPS) is 15.7. The van der Waals surface area contributed by atoms with Gasteiger partial charge in [-0.3, -0.25) is 9.78 Å². The number of hydrogen-bond acceptors (Lipinski definition) is 3. The van der Waals surface area contributed by atoms with Gasteiger partial charge in [-0.1, -0.05) is 0 Å². The molecule has 0 saturated heterocycles. The topological polar surface area (TPSA) is 54.9 Å². The van der Waals surface area contributed by atoms with Crippen molar-refractivity contribution in [3.05, 3.63) is 18.6 Å². The highest BCUT2D eigenvalue weighted by atomic mass is 16.2. The number of nitrogens with zero attached hydrogens (tertiary/aromatic N) is 2. The third-order valence-electron chi connectivity index (χ3n) is 1.76. The van der Waals surface area contributed by atoms with Crippen molar-refractivity contribution >= 4 is 11.7 Å². The SMILES string of the molecule is O=C(Nc1cnccn1)C1CC1. The molecule has 1 fully saturated rings. The second-order valence-corrected chi connectivity index (χ2v) is 2.85. The monoisotopic (exact) mass is 163 g/mol. The van der Waals surface area contributed by atoms with E-state index in [9.17, 15) is 4.79 Å². The number of amides is 1. The van der Waals surface area contributed by atoms with Crippen molar-refractivity contribution in [2.45, 2.75) is 12.8 Å². The number of anilines is 1. The van der Waals surface area contributed by atoms with E-state index in [4.69, 9.17) is 0 Å². The van der Waals surface area contributed by atoms with Crippen molar-refractivity contribution in [2.75, 3.05) is 5.32 Å². The van der Waals surface area contributed by atoms with Gasteiger partial charge in [-0.2, -0.15) is 0 Å². The van der Waals surface area contributed by atoms with Gasteiger partial charge in [0.05, 0.1) is 6.20 Å². The average molecular weight is 163 g/mol. The van der Waals surface area contributed by atoms with E-state index in [1.807, 2.05) is 0 Å². The Hall–Kier alpha value is -1.45. The van der Waals surface area contributed by atoms with Crippen LogP contribution in [0.25, 0.3) is 0 Å². The predicted molar refractivity (Wildman–Crippen MR) is 43.4 cm³/mol. The average Bonchev–Trinajstić information content (AvgIpc) is 2.88. The summed E-state index contributed by atoms with van der Waals surface area (Å²) >= 11 is 0. The Morgan fingerprint density at radius 3 is 2.92 bits per heavy atom. The summed E-state index contributed by atoms with van der Waals surface area (Å²) in [4.78, 5) is 19.0. The van der Waals surface area contributed by atoms with Gasteiger partial charge >= 0.3 is 0 Å². The summed E-state index contributed by atoms with van der Waals surface area (Å²) in [6.07, 6.45) is 6.69. The van der Waals surface area contributed by atoms with Crippen molar-refractivity contribution in [1.29, 1.82) is 0 Å². The maximum absolute atomic E-state index is 11.2. The Morgan fingerprint density at radius 2 is 2.33 bits per heavy atom. The Labute approximate surface area is 70.0 Å². The van der Waals surface area contributed by atoms with Crippen LogP contribution in [0.1, 0.15) is 12.8 Å². The fourth-order valence-electron chi connectivity index (χ4n) is 0.937. The molecule has 62 valence electrons. The summed E-state index contributed by atoms with van der Waals surface area (Å²) in [5, 5.41) is 2.69. The lowest BCUT2D eigenvalue weighted by atomic mass is 10.4. The smallest absolute Gasteiger partial charge is 0.228 e. The minimum absolute atomic E-state index is 0.0653. The van der Waals surface area contributed by atoms with Gasteiger partial charge in [0.1, 0.15) is 0 Å². The molecule has 0 bridgehead atoms. The molecule has 1 aliphatic rings. The molecule has 1 heterocycles. The van der Waals surface area contributed by atoms with Gasteiger partial charge in [-0.25, -0.2) is 4.98 Å². The van der Waals surface area contributed by atoms with Gasteiger partial charge in [0.2, 0.25) is 5.91 Å². The van der Waals surface area contributed by atoms with Gasteiger partial charge < -0.3 is 5.32 Å². The molecule has 4 heteroatoms. The van der Waals surface area contributed by atoms with Crippen LogP contribution in [0.4, 0.5) is 5.82 Å². The molecular formula is C8H9N3O. The molecule has 2 rings (SSSR count). The van der Waals surface area contributed by atoms with Crippen LogP contribution in [0.15, 0.2) is 18.6 Å². The van der Waals surface area contributed by atoms with Crippen LogP contribution < -0.4 is 5.32 Å². The largest absolute Gasteiger partial charge is 0.309 e. The fourth-order valence-corrected chi connectivity index (χ4v) is 0.937. The summed E-state index contributed by atoms with van der Waals surface area (Å²) in [6.45, 7) is 0. The first-order chi connectivity index (χ1) is 5.86. The number of nitrogens with one attached hydrogen (secondary N) is 1. The zero-order valence-corrected chi connectivity index (χ0v) is 6.53. The summed E-state index contributed by atoms with van der Waals surface area (Å²) in [6, 6.07) is 0. The number of rotatable bonds is 2. The van der Waals surface area contributed by atoms with Crippen LogP contribution >= 0.6 is 0 Å². The maximum atomic E-state index is 11.2. The third kappa shape index (κ3) is 1.58. The highest BCUT2D eigenvalue weighted by molar-refractivity contribution is 5.92. The van der Waals surface area contributed by atoms with Crippen LogP contribution in [0.5, 0.6) is 0 Å². The molecule has 1 amide bonds. The summed E-state index contributed by atoms with van der Waals surface area (Å²) < 4.78 is 0. The Balaban J connectivity index is 1.98. The van der Waals surface area contributed by atoms with E-state index >= 15 is 0 Å². The van der Waals surface area contributed by atoms with Gasteiger partial charge in [0, 0.05) is 18.3 Å². The highest BCUT2D eigenvalue weighted by Gasteiger charge is 2.29. The van der Waals surface area contributed by atoms with E-state index in [0.29, 0.717) is 5.82 Å². The minimum atomic E-state index is 0.0653. The standard InChI is InChI=1S/C8H9N3O/c12-8(6-1-2-6)11-7-5-9-3-4-10-7/h3-6H,1-2H2,(H,10,11,12). The van der Waals surface area contributed by atoms with Crippen molar-refractivity contribution < 1.29 is 4.79 Å². The molecule has 12 heavy (non-hydrogen) atoms. The number of carbonyl (C=O) groups is 1. The van der Waals surface area contributed by atoms with Crippen molar-refractivity contribution in [3.8, 4) is 0 Å². The first kappa shape index (κ1) is 7.21. The van der Waals surface area contributed by atoms with Gasteiger partial charge in [0.15, 0.2) is 5.82 Å². The fraction of sp³-hybridized carbons (Fsp3) is 0.375. The molecule has 0 aliphatic heterocycles. The number of hydrogen-bond donors (Lipinski definition) is 1. The zero-order valence-electron chi connectivity index (χ0n) is 6.53. The molecule has 1 aromatic heterocycles. The van der Waals surface area contributed by atoms with E-state index in [-0.39, 0.29) is 11.8 Å².